The lowest BCUT2D eigenvalue weighted by atomic mass is 9.93. The second-order valence-corrected chi connectivity index (χ2v) is 4.67. The van der Waals surface area contributed by atoms with E-state index in [1.165, 1.54) is 0 Å². The lowest BCUT2D eigenvalue weighted by Gasteiger charge is -2.21. The lowest BCUT2D eigenvalue weighted by molar-refractivity contribution is 0.109. The first-order chi connectivity index (χ1) is 10.2. The predicted octanol–water partition coefficient (Wildman–Crippen LogP) is 1.68. The van der Waals surface area contributed by atoms with E-state index in [0.29, 0.717) is 31.1 Å². The number of nitrogen functional groups attached to an aromatic ring is 1. The van der Waals surface area contributed by atoms with Crippen LogP contribution in [0.15, 0.2) is 18.3 Å². The molecule has 0 saturated carbocycles. The highest BCUT2D eigenvalue weighted by Gasteiger charge is 2.22. The zero-order valence-electron chi connectivity index (χ0n) is 11.6. The van der Waals surface area contributed by atoms with E-state index < -0.39 is 0 Å². The number of fused-ring (bicyclic) bond motifs is 1. The van der Waals surface area contributed by atoms with Gasteiger partial charge >= 0.3 is 0 Å². The van der Waals surface area contributed by atoms with Gasteiger partial charge in [-0.2, -0.15) is 5.26 Å². The SMILES string of the molecule is COc1cc(-c2c(C#N)c(N)nc3c2COCC3)ccn1. The van der Waals surface area contributed by atoms with Gasteiger partial charge in [0.1, 0.15) is 17.5 Å². The van der Waals surface area contributed by atoms with Crippen molar-refractivity contribution in [2.45, 2.75) is 13.0 Å². The highest BCUT2D eigenvalue weighted by Crippen LogP contribution is 2.35. The fourth-order valence-corrected chi connectivity index (χ4v) is 2.51. The van der Waals surface area contributed by atoms with E-state index in [1.807, 2.05) is 6.07 Å². The van der Waals surface area contributed by atoms with Crippen molar-refractivity contribution in [1.82, 2.24) is 9.97 Å². The number of pyridine rings is 2. The summed E-state index contributed by atoms with van der Waals surface area (Å²) >= 11 is 0. The summed E-state index contributed by atoms with van der Waals surface area (Å²) < 4.78 is 10.7. The number of hydrogen-bond donors (Lipinski definition) is 1. The monoisotopic (exact) mass is 282 g/mol. The van der Waals surface area contributed by atoms with E-state index in [-0.39, 0.29) is 5.82 Å². The number of ether oxygens (including phenoxy) is 2. The van der Waals surface area contributed by atoms with Crippen LogP contribution in [0.2, 0.25) is 0 Å². The summed E-state index contributed by atoms with van der Waals surface area (Å²) in [6.07, 6.45) is 2.34. The predicted molar refractivity (Wildman–Crippen MR) is 76.5 cm³/mol. The molecule has 0 amide bonds. The minimum absolute atomic E-state index is 0.254. The fourth-order valence-electron chi connectivity index (χ4n) is 2.51. The molecule has 0 saturated heterocycles. The Balaban J connectivity index is 2.29. The highest BCUT2D eigenvalue weighted by atomic mass is 16.5. The van der Waals surface area contributed by atoms with Gasteiger partial charge < -0.3 is 15.2 Å². The topological polar surface area (TPSA) is 94.0 Å². The van der Waals surface area contributed by atoms with Crippen LogP contribution in [0.25, 0.3) is 11.1 Å². The van der Waals surface area contributed by atoms with Gasteiger partial charge in [0.15, 0.2) is 0 Å². The summed E-state index contributed by atoms with van der Waals surface area (Å²) in [6, 6.07) is 5.75. The van der Waals surface area contributed by atoms with Crippen molar-refractivity contribution in [2.75, 3.05) is 19.5 Å². The molecule has 0 bridgehead atoms. The number of aromatic nitrogens is 2. The standard InChI is InChI=1S/C15H14N4O2/c1-20-13-6-9(2-4-18-13)14-10(7-16)15(17)19-12-3-5-21-8-11(12)14/h2,4,6H,3,5,8H2,1H3,(H2,17,19). The number of methoxy groups -OCH3 is 1. The van der Waals surface area contributed by atoms with Gasteiger partial charge in [0.2, 0.25) is 5.88 Å². The molecule has 0 spiro atoms. The maximum atomic E-state index is 9.43. The Bertz CT molecular complexity index is 737. The minimum atomic E-state index is 0.254. The van der Waals surface area contributed by atoms with Crippen molar-refractivity contribution >= 4 is 5.82 Å². The number of nitriles is 1. The van der Waals surface area contributed by atoms with Crippen LogP contribution >= 0.6 is 0 Å². The first-order valence-electron chi connectivity index (χ1n) is 6.54. The molecule has 0 atom stereocenters. The normalized spacial score (nSPS) is 13.3. The van der Waals surface area contributed by atoms with Crippen molar-refractivity contribution in [2.24, 2.45) is 0 Å². The molecule has 2 aromatic heterocycles. The molecule has 0 aromatic carbocycles. The van der Waals surface area contributed by atoms with Crippen molar-refractivity contribution < 1.29 is 9.47 Å². The Morgan fingerprint density at radius 2 is 2.33 bits per heavy atom. The molecule has 0 radical (unpaired) electrons. The molecule has 0 aliphatic carbocycles. The smallest absolute Gasteiger partial charge is 0.213 e. The Morgan fingerprint density at radius 1 is 1.48 bits per heavy atom. The minimum Gasteiger partial charge on any atom is -0.481 e. The summed E-state index contributed by atoms with van der Waals surface area (Å²) in [5.41, 5.74) is 9.71. The Kier molecular flexibility index (Phi) is 3.42. The van der Waals surface area contributed by atoms with E-state index in [9.17, 15) is 5.26 Å². The average Bonchev–Trinajstić information content (AvgIpc) is 2.53. The fraction of sp³-hybridized carbons (Fsp3) is 0.267. The molecule has 3 heterocycles. The number of rotatable bonds is 2. The maximum absolute atomic E-state index is 9.43. The van der Waals surface area contributed by atoms with Gasteiger partial charge in [-0.25, -0.2) is 9.97 Å². The molecule has 6 nitrogen and oxygen atoms in total. The summed E-state index contributed by atoms with van der Waals surface area (Å²) in [4.78, 5) is 8.43. The molecule has 21 heavy (non-hydrogen) atoms. The maximum Gasteiger partial charge on any atom is 0.213 e. The van der Waals surface area contributed by atoms with Crippen molar-refractivity contribution in [3.05, 3.63) is 35.2 Å². The van der Waals surface area contributed by atoms with Gasteiger partial charge in [0.05, 0.1) is 26.0 Å². The number of nitrogens with two attached hydrogens (primary N) is 1. The Hall–Kier alpha value is -2.65. The van der Waals surface area contributed by atoms with Crippen molar-refractivity contribution in [3.8, 4) is 23.1 Å². The summed E-state index contributed by atoms with van der Waals surface area (Å²) in [7, 11) is 1.55. The van der Waals surface area contributed by atoms with Gasteiger partial charge in [-0.1, -0.05) is 0 Å². The van der Waals surface area contributed by atoms with Gasteiger partial charge in [-0.15, -0.1) is 0 Å². The molecule has 0 fully saturated rings. The average molecular weight is 282 g/mol. The molecular weight excluding hydrogens is 268 g/mol. The van der Waals surface area contributed by atoms with Crippen molar-refractivity contribution in [3.63, 3.8) is 0 Å². The molecule has 2 N–H and O–H groups in total. The van der Waals surface area contributed by atoms with Crippen LogP contribution in [-0.4, -0.2) is 23.7 Å². The summed E-state index contributed by atoms with van der Waals surface area (Å²) in [5, 5.41) is 9.43. The van der Waals surface area contributed by atoms with Crippen LogP contribution < -0.4 is 10.5 Å². The molecule has 106 valence electrons. The molecule has 3 rings (SSSR count). The third-order valence-electron chi connectivity index (χ3n) is 3.49. The highest BCUT2D eigenvalue weighted by molar-refractivity contribution is 5.79. The number of nitrogens with zero attached hydrogens (tertiary/aromatic N) is 3. The van der Waals surface area contributed by atoms with E-state index in [4.69, 9.17) is 15.2 Å². The molecular formula is C15H14N4O2. The molecule has 2 aromatic rings. The largest absolute Gasteiger partial charge is 0.481 e. The second-order valence-electron chi connectivity index (χ2n) is 4.67. The van der Waals surface area contributed by atoms with Gasteiger partial charge in [-0.3, -0.25) is 0 Å². The van der Waals surface area contributed by atoms with Crippen LogP contribution in [0.1, 0.15) is 16.8 Å². The van der Waals surface area contributed by atoms with Crippen LogP contribution in [-0.2, 0) is 17.8 Å². The third-order valence-corrected chi connectivity index (χ3v) is 3.49. The zero-order valence-corrected chi connectivity index (χ0v) is 11.6. The van der Waals surface area contributed by atoms with Crippen LogP contribution in [0.5, 0.6) is 5.88 Å². The zero-order chi connectivity index (χ0) is 14.8. The summed E-state index contributed by atoms with van der Waals surface area (Å²) in [6.45, 7) is 1.04. The molecule has 6 heteroatoms. The lowest BCUT2D eigenvalue weighted by Crippen LogP contribution is -2.16. The second kappa shape index (κ2) is 5.38. The molecule has 0 unspecified atom stereocenters. The van der Waals surface area contributed by atoms with Gasteiger partial charge in [0.25, 0.3) is 0 Å². The van der Waals surface area contributed by atoms with E-state index >= 15 is 0 Å². The quantitative estimate of drug-likeness (QED) is 0.900. The Labute approximate surface area is 122 Å². The van der Waals surface area contributed by atoms with Crippen LogP contribution in [0.3, 0.4) is 0 Å². The first kappa shape index (κ1) is 13.3. The number of anilines is 1. The number of hydrogen-bond acceptors (Lipinski definition) is 6. The Morgan fingerprint density at radius 3 is 3.10 bits per heavy atom. The van der Waals surface area contributed by atoms with Crippen LogP contribution in [0.4, 0.5) is 5.82 Å². The van der Waals surface area contributed by atoms with Crippen molar-refractivity contribution in [1.29, 1.82) is 5.26 Å². The molecule has 1 aliphatic rings. The van der Waals surface area contributed by atoms with Gasteiger partial charge in [-0.05, 0) is 11.6 Å². The molecule has 1 aliphatic heterocycles. The van der Waals surface area contributed by atoms with E-state index in [1.54, 1.807) is 19.4 Å². The first-order valence-corrected chi connectivity index (χ1v) is 6.54. The third kappa shape index (κ3) is 2.28. The van der Waals surface area contributed by atoms with Gasteiger partial charge in [0, 0.05) is 29.8 Å². The summed E-state index contributed by atoms with van der Waals surface area (Å²) in [5.74, 6) is 0.737. The van der Waals surface area contributed by atoms with Crippen LogP contribution in [0, 0.1) is 11.3 Å². The van der Waals surface area contributed by atoms with E-state index in [0.717, 1.165) is 22.4 Å². The van der Waals surface area contributed by atoms with E-state index in [2.05, 4.69) is 16.0 Å².